The predicted molar refractivity (Wildman–Crippen MR) is 149 cm³/mol. The van der Waals surface area contributed by atoms with E-state index in [9.17, 15) is 22.4 Å². The lowest BCUT2D eigenvalue weighted by molar-refractivity contribution is -0.139. The number of nitrogens with one attached hydrogen (secondary N) is 1. The molecule has 0 aromatic heterocycles. The van der Waals surface area contributed by atoms with Gasteiger partial charge in [-0.2, -0.15) is 0 Å². The second-order valence-electron chi connectivity index (χ2n) is 8.75. The standard InChI is InChI=1S/C29H34FN3O5S/c1-4-27(29(35)31-3)32(20-19-22-9-7-6-8-10-22)28(34)21-33(24-13-11-23(30)12-14-24)39(36,37)26-17-15-25(16-18-26)38-5-2/h6-18,27H,4-5,19-21H2,1-3H3,(H,31,35)/t27-/m0/s1. The normalized spacial score (nSPS) is 11.9. The third-order valence-corrected chi connectivity index (χ3v) is 8.02. The zero-order valence-electron chi connectivity index (χ0n) is 22.3. The number of anilines is 1. The number of rotatable bonds is 13. The summed E-state index contributed by atoms with van der Waals surface area (Å²) in [5.41, 5.74) is 1.09. The second kappa shape index (κ2) is 13.7. The number of hydrogen-bond donors (Lipinski definition) is 1. The molecule has 3 aromatic carbocycles. The number of carbonyl (C=O) groups is 2. The third kappa shape index (κ3) is 7.57. The van der Waals surface area contributed by atoms with E-state index in [4.69, 9.17) is 4.74 Å². The molecule has 39 heavy (non-hydrogen) atoms. The van der Waals surface area contributed by atoms with Gasteiger partial charge in [0.25, 0.3) is 10.0 Å². The zero-order valence-corrected chi connectivity index (χ0v) is 23.2. The van der Waals surface area contributed by atoms with E-state index in [1.165, 1.54) is 48.3 Å². The van der Waals surface area contributed by atoms with E-state index in [1.807, 2.05) is 37.3 Å². The minimum absolute atomic E-state index is 0.0581. The number of halogens is 1. The number of ether oxygens (including phenoxy) is 1. The number of benzene rings is 3. The number of likely N-dealkylation sites (N-methyl/N-ethyl adjacent to an activating group) is 1. The number of amides is 2. The summed E-state index contributed by atoms with van der Waals surface area (Å²) < 4.78 is 47.7. The average molecular weight is 556 g/mol. The molecule has 0 aliphatic carbocycles. The maximum Gasteiger partial charge on any atom is 0.264 e. The molecule has 0 unspecified atom stereocenters. The Morgan fingerprint density at radius 3 is 2.15 bits per heavy atom. The van der Waals surface area contributed by atoms with Gasteiger partial charge in [-0.05, 0) is 73.9 Å². The summed E-state index contributed by atoms with van der Waals surface area (Å²) in [4.78, 5) is 27.9. The van der Waals surface area contributed by atoms with Crippen molar-refractivity contribution in [2.24, 2.45) is 0 Å². The van der Waals surface area contributed by atoms with E-state index in [2.05, 4.69) is 5.32 Å². The highest BCUT2D eigenvalue weighted by Gasteiger charge is 2.33. The molecular formula is C29H34FN3O5S. The van der Waals surface area contributed by atoms with Gasteiger partial charge in [0.2, 0.25) is 11.8 Å². The van der Waals surface area contributed by atoms with Gasteiger partial charge in [-0.1, -0.05) is 37.3 Å². The molecule has 10 heteroatoms. The summed E-state index contributed by atoms with van der Waals surface area (Å²) in [5, 5.41) is 2.59. The lowest BCUT2D eigenvalue weighted by Gasteiger charge is -2.33. The molecule has 0 bridgehead atoms. The van der Waals surface area contributed by atoms with Crippen molar-refractivity contribution in [3.63, 3.8) is 0 Å². The zero-order chi connectivity index (χ0) is 28.4. The number of carbonyl (C=O) groups excluding carboxylic acids is 2. The predicted octanol–water partition coefficient (Wildman–Crippen LogP) is 4.02. The molecule has 1 atom stereocenters. The molecule has 0 saturated carbocycles. The molecule has 8 nitrogen and oxygen atoms in total. The smallest absolute Gasteiger partial charge is 0.264 e. The Bertz CT molecular complexity index is 1330. The summed E-state index contributed by atoms with van der Waals surface area (Å²) in [6.45, 7) is 3.65. The summed E-state index contributed by atoms with van der Waals surface area (Å²) in [7, 11) is -2.75. The van der Waals surface area contributed by atoms with E-state index in [-0.39, 0.29) is 23.0 Å². The molecule has 2 amide bonds. The Morgan fingerprint density at radius 1 is 0.949 bits per heavy atom. The van der Waals surface area contributed by atoms with Crippen LogP contribution in [0, 0.1) is 5.82 Å². The first-order chi connectivity index (χ1) is 18.7. The second-order valence-corrected chi connectivity index (χ2v) is 10.6. The van der Waals surface area contributed by atoms with Crippen molar-refractivity contribution < 1.29 is 27.1 Å². The van der Waals surface area contributed by atoms with Crippen molar-refractivity contribution in [2.75, 3.05) is 31.0 Å². The number of hydrogen-bond acceptors (Lipinski definition) is 5. The van der Waals surface area contributed by atoms with E-state index < -0.39 is 34.3 Å². The number of nitrogens with zero attached hydrogens (tertiary/aromatic N) is 2. The quantitative estimate of drug-likeness (QED) is 0.344. The first-order valence-electron chi connectivity index (χ1n) is 12.8. The van der Waals surface area contributed by atoms with Gasteiger partial charge in [0, 0.05) is 13.6 Å². The lowest BCUT2D eigenvalue weighted by atomic mass is 10.1. The maximum absolute atomic E-state index is 13.8. The Kier molecular flexibility index (Phi) is 10.4. The molecule has 0 fully saturated rings. The fourth-order valence-electron chi connectivity index (χ4n) is 4.20. The summed E-state index contributed by atoms with van der Waals surface area (Å²) in [6.07, 6.45) is 0.810. The van der Waals surface area contributed by atoms with Crippen molar-refractivity contribution in [2.45, 2.75) is 37.6 Å². The van der Waals surface area contributed by atoms with Crippen LogP contribution in [0.1, 0.15) is 25.8 Å². The van der Waals surface area contributed by atoms with Crippen LogP contribution < -0.4 is 14.4 Å². The largest absolute Gasteiger partial charge is 0.494 e. The summed E-state index contributed by atoms with van der Waals surface area (Å²) >= 11 is 0. The molecule has 0 saturated heterocycles. The van der Waals surface area contributed by atoms with Crippen molar-refractivity contribution in [1.82, 2.24) is 10.2 Å². The van der Waals surface area contributed by atoms with Crippen LogP contribution in [-0.4, -0.2) is 57.9 Å². The van der Waals surface area contributed by atoms with Gasteiger partial charge in [0.05, 0.1) is 17.2 Å². The van der Waals surface area contributed by atoms with E-state index in [0.29, 0.717) is 25.2 Å². The van der Waals surface area contributed by atoms with Crippen LogP contribution in [-0.2, 0) is 26.0 Å². The molecule has 0 spiro atoms. The molecule has 0 radical (unpaired) electrons. The van der Waals surface area contributed by atoms with Crippen LogP contribution in [0.25, 0.3) is 0 Å². The first kappa shape index (κ1) is 29.6. The maximum atomic E-state index is 13.8. The SMILES string of the molecule is CCOc1ccc(S(=O)(=O)N(CC(=O)N(CCc2ccccc2)[C@@H](CC)C(=O)NC)c2ccc(F)cc2)cc1. The van der Waals surface area contributed by atoms with Crippen LogP contribution in [0.5, 0.6) is 5.75 Å². The van der Waals surface area contributed by atoms with Gasteiger partial charge >= 0.3 is 0 Å². The highest BCUT2D eigenvalue weighted by Crippen LogP contribution is 2.26. The minimum Gasteiger partial charge on any atom is -0.494 e. The van der Waals surface area contributed by atoms with Crippen molar-refractivity contribution >= 4 is 27.5 Å². The first-order valence-corrected chi connectivity index (χ1v) is 14.2. The summed E-state index contributed by atoms with van der Waals surface area (Å²) in [5.74, 6) is -0.940. The van der Waals surface area contributed by atoms with Gasteiger partial charge < -0.3 is 15.0 Å². The van der Waals surface area contributed by atoms with Gasteiger partial charge in [-0.15, -0.1) is 0 Å². The molecule has 0 aliphatic rings. The van der Waals surface area contributed by atoms with Gasteiger partial charge in [-0.3, -0.25) is 13.9 Å². The fourth-order valence-corrected chi connectivity index (χ4v) is 5.61. The molecule has 0 aliphatic heterocycles. The molecule has 1 N–H and O–H groups in total. The van der Waals surface area contributed by atoms with Gasteiger partial charge in [-0.25, -0.2) is 12.8 Å². The van der Waals surface area contributed by atoms with Crippen molar-refractivity contribution in [3.05, 3.63) is 90.2 Å². The van der Waals surface area contributed by atoms with Crippen LogP contribution in [0.15, 0.2) is 83.8 Å². The Balaban J connectivity index is 1.99. The molecule has 208 valence electrons. The van der Waals surface area contributed by atoms with Crippen molar-refractivity contribution in [1.29, 1.82) is 0 Å². The van der Waals surface area contributed by atoms with Crippen molar-refractivity contribution in [3.8, 4) is 5.75 Å². The lowest BCUT2D eigenvalue weighted by Crippen LogP contribution is -2.52. The third-order valence-electron chi connectivity index (χ3n) is 6.23. The summed E-state index contributed by atoms with van der Waals surface area (Å²) in [6, 6.07) is 19.4. The molecular weight excluding hydrogens is 521 g/mol. The minimum atomic E-state index is -4.25. The highest BCUT2D eigenvalue weighted by atomic mass is 32.2. The molecule has 3 aromatic rings. The van der Waals surface area contributed by atoms with E-state index >= 15 is 0 Å². The van der Waals surface area contributed by atoms with E-state index in [1.54, 1.807) is 6.92 Å². The topological polar surface area (TPSA) is 96.0 Å². The fraction of sp³-hybridized carbons (Fsp3) is 0.310. The highest BCUT2D eigenvalue weighted by molar-refractivity contribution is 7.92. The van der Waals surface area contributed by atoms with Crippen LogP contribution in [0.4, 0.5) is 10.1 Å². The van der Waals surface area contributed by atoms with Crippen LogP contribution in [0.3, 0.4) is 0 Å². The average Bonchev–Trinajstić information content (AvgIpc) is 2.95. The number of sulfonamides is 1. The molecule has 0 heterocycles. The van der Waals surface area contributed by atoms with Crippen LogP contribution in [0.2, 0.25) is 0 Å². The monoisotopic (exact) mass is 555 g/mol. The molecule has 3 rings (SSSR count). The Labute approximate surface area is 229 Å². The van der Waals surface area contributed by atoms with Gasteiger partial charge in [0.1, 0.15) is 24.2 Å². The van der Waals surface area contributed by atoms with E-state index in [0.717, 1.165) is 22.0 Å². The van der Waals surface area contributed by atoms with Gasteiger partial charge in [0.15, 0.2) is 0 Å². The Morgan fingerprint density at radius 2 is 1.59 bits per heavy atom. The van der Waals surface area contributed by atoms with Crippen LogP contribution >= 0.6 is 0 Å². The Hall–Kier alpha value is -3.92.